The molecule has 0 radical (unpaired) electrons. The lowest BCUT2D eigenvalue weighted by Crippen LogP contribution is -2.06. The summed E-state index contributed by atoms with van der Waals surface area (Å²) in [6, 6.07) is 0. The van der Waals surface area contributed by atoms with Gasteiger partial charge in [-0.1, -0.05) is 6.92 Å². The molecule has 4 heteroatoms. The lowest BCUT2D eigenvalue weighted by molar-refractivity contribution is 0.322. The molecule has 1 rings (SSSR count). The van der Waals surface area contributed by atoms with Gasteiger partial charge in [-0.3, -0.25) is 0 Å². The van der Waals surface area contributed by atoms with Gasteiger partial charge in [0.25, 0.3) is 0 Å². The van der Waals surface area contributed by atoms with Gasteiger partial charge in [0.2, 0.25) is 5.88 Å². The second kappa shape index (κ2) is 4.07. The van der Waals surface area contributed by atoms with E-state index in [-0.39, 0.29) is 0 Å². The van der Waals surface area contributed by atoms with Crippen LogP contribution in [0.3, 0.4) is 0 Å². The molecular weight excluding hydrogens is 166 g/mol. The molecule has 1 aromatic rings. The number of aromatic nitrogens is 2. The van der Waals surface area contributed by atoms with Gasteiger partial charge in [0.05, 0.1) is 12.2 Å². The Labute approximate surface area is 78.1 Å². The van der Waals surface area contributed by atoms with Gasteiger partial charge in [-0.25, -0.2) is 4.98 Å². The number of hydrogen-bond donors (Lipinski definition) is 1. The van der Waals surface area contributed by atoms with Crippen LogP contribution in [-0.4, -0.2) is 16.6 Å². The molecule has 0 aromatic carbocycles. The molecule has 1 aromatic heterocycles. The van der Waals surface area contributed by atoms with Crippen molar-refractivity contribution in [2.24, 2.45) is 0 Å². The fourth-order valence-corrected chi connectivity index (χ4v) is 0.994. The van der Waals surface area contributed by atoms with Gasteiger partial charge in [0.1, 0.15) is 11.6 Å². The summed E-state index contributed by atoms with van der Waals surface area (Å²) in [5.41, 5.74) is 6.51. The van der Waals surface area contributed by atoms with Crippen LogP contribution in [0.1, 0.15) is 25.2 Å². The molecule has 13 heavy (non-hydrogen) atoms. The van der Waals surface area contributed by atoms with Crippen molar-refractivity contribution in [2.75, 3.05) is 12.3 Å². The van der Waals surface area contributed by atoms with E-state index in [0.29, 0.717) is 18.3 Å². The Morgan fingerprint density at radius 2 is 2.00 bits per heavy atom. The zero-order valence-electron chi connectivity index (χ0n) is 8.29. The third kappa shape index (κ3) is 2.08. The highest BCUT2D eigenvalue weighted by molar-refractivity contribution is 5.44. The molecule has 0 bridgehead atoms. The van der Waals surface area contributed by atoms with Crippen LogP contribution in [0.15, 0.2) is 0 Å². The van der Waals surface area contributed by atoms with Crippen LogP contribution in [0, 0.1) is 6.92 Å². The number of hydrogen-bond acceptors (Lipinski definition) is 4. The van der Waals surface area contributed by atoms with Crippen molar-refractivity contribution in [2.45, 2.75) is 27.2 Å². The molecule has 4 nitrogen and oxygen atoms in total. The van der Waals surface area contributed by atoms with Crippen LogP contribution in [0.25, 0.3) is 0 Å². The van der Waals surface area contributed by atoms with Crippen molar-refractivity contribution in [1.82, 2.24) is 9.97 Å². The molecule has 0 atom stereocenters. The maximum Gasteiger partial charge on any atom is 0.221 e. The van der Waals surface area contributed by atoms with E-state index in [1.165, 1.54) is 0 Å². The van der Waals surface area contributed by atoms with E-state index in [2.05, 4.69) is 9.97 Å². The average Bonchev–Trinajstić information content (AvgIpc) is 2.13. The maximum absolute atomic E-state index is 5.70. The number of anilines is 1. The Morgan fingerprint density at radius 1 is 1.31 bits per heavy atom. The minimum atomic E-state index is 0.510. The fourth-order valence-electron chi connectivity index (χ4n) is 0.994. The van der Waals surface area contributed by atoms with Crippen LogP contribution in [0.4, 0.5) is 5.82 Å². The second-order valence-electron chi connectivity index (χ2n) is 2.74. The van der Waals surface area contributed by atoms with Crippen molar-refractivity contribution in [3.8, 4) is 5.88 Å². The smallest absolute Gasteiger partial charge is 0.221 e. The number of aryl methyl sites for hydroxylation is 1. The van der Waals surface area contributed by atoms with E-state index in [0.717, 1.165) is 17.8 Å². The zero-order valence-corrected chi connectivity index (χ0v) is 8.29. The van der Waals surface area contributed by atoms with E-state index in [1.54, 1.807) is 0 Å². The van der Waals surface area contributed by atoms with Crippen molar-refractivity contribution >= 4 is 5.82 Å². The Kier molecular flexibility index (Phi) is 3.06. The molecule has 0 amide bonds. The van der Waals surface area contributed by atoms with E-state index < -0.39 is 0 Å². The first kappa shape index (κ1) is 9.77. The molecule has 0 aliphatic carbocycles. The van der Waals surface area contributed by atoms with Crippen LogP contribution < -0.4 is 10.5 Å². The lowest BCUT2D eigenvalue weighted by Gasteiger charge is -2.08. The Balaban J connectivity index is 3.09. The molecule has 0 unspecified atom stereocenters. The van der Waals surface area contributed by atoms with E-state index in [1.807, 2.05) is 20.8 Å². The predicted molar refractivity (Wildman–Crippen MR) is 51.7 cm³/mol. The largest absolute Gasteiger partial charge is 0.478 e. The van der Waals surface area contributed by atoms with Crippen molar-refractivity contribution in [3.63, 3.8) is 0 Å². The van der Waals surface area contributed by atoms with E-state index >= 15 is 0 Å². The first-order valence-electron chi connectivity index (χ1n) is 4.44. The summed E-state index contributed by atoms with van der Waals surface area (Å²) in [6.07, 6.45) is 0.768. The summed E-state index contributed by atoms with van der Waals surface area (Å²) in [7, 11) is 0. The molecule has 2 N–H and O–H groups in total. The lowest BCUT2D eigenvalue weighted by atomic mass is 10.3. The third-order valence-corrected chi connectivity index (χ3v) is 1.78. The van der Waals surface area contributed by atoms with Gasteiger partial charge < -0.3 is 10.5 Å². The maximum atomic E-state index is 5.70. The first-order valence-corrected chi connectivity index (χ1v) is 4.44. The number of ether oxygens (including phenoxy) is 1. The van der Waals surface area contributed by atoms with Gasteiger partial charge in [-0.15, -0.1) is 0 Å². The van der Waals surface area contributed by atoms with E-state index in [9.17, 15) is 0 Å². The normalized spacial score (nSPS) is 10.1. The van der Waals surface area contributed by atoms with Crippen LogP contribution in [-0.2, 0) is 6.42 Å². The van der Waals surface area contributed by atoms with Crippen molar-refractivity contribution in [1.29, 1.82) is 0 Å². The van der Waals surface area contributed by atoms with Crippen LogP contribution in [0.5, 0.6) is 5.88 Å². The first-order chi connectivity index (χ1) is 6.19. The predicted octanol–water partition coefficient (Wildman–Crippen LogP) is 1.33. The van der Waals surface area contributed by atoms with Crippen molar-refractivity contribution < 1.29 is 4.74 Å². The molecule has 0 fully saturated rings. The van der Waals surface area contributed by atoms with Gasteiger partial charge in [0, 0.05) is 6.42 Å². The second-order valence-corrected chi connectivity index (χ2v) is 2.74. The molecule has 0 aliphatic rings. The van der Waals surface area contributed by atoms with Crippen LogP contribution >= 0.6 is 0 Å². The molecule has 1 heterocycles. The molecular formula is C9H15N3O. The minimum Gasteiger partial charge on any atom is -0.478 e. The quantitative estimate of drug-likeness (QED) is 0.764. The SMILES string of the molecule is CCOc1nc(CC)nc(N)c1C. The standard InChI is InChI=1S/C9H15N3O/c1-4-7-11-8(10)6(3)9(12-7)13-5-2/h4-5H2,1-3H3,(H2,10,11,12). The average molecular weight is 181 g/mol. The van der Waals surface area contributed by atoms with Gasteiger partial charge in [-0.2, -0.15) is 4.98 Å². The van der Waals surface area contributed by atoms with Gasteiger partial charge in [-0.05, 0) is 13.8 Å². The van der Waals surface area contributed by atoms with E-state index in [4.69, 9.17) is 10.5 Å². The number of nitrogen functional groups attached to an aromatic ring is 1. The molecule has 0 saturated heterocycles. The number of rotatable bonds is 3. The summed E-state index contributed by atoms with van der Waals surface area (Å²) >= 11 is 0. The minimum absolute atomic E-state index is 0.510. The summed E-state index contributed by atoms with van der Waals surface area (Å²) in [5.74, 6) is 1.84. The van der Waals surface area contributed by atoms with Crippen LogP contribution in [0.2, 0.25) is 0 Å². The molecule has 72 valence electrons. The topological polar surface area (TPSA) is 61.0 Å². The fraction of sp³-hybridized carbons (Fsp3) is 0.556. The molecule has 0 saturated carbocycles. The third-order valence-electron chi connectivity index (χ3n) is 1.78. The van der Waals surface area contributed by atoms with Crippen molar-refractivity contribution in [3.05, 3.63) is 11.4 Å². The summed E-state index contributed by atoms with van der Waals surface area (Å²) < 4.78 is 5.33. The highest BCUT2D eigenvalue weighted by Crippen LogP contribution is 2.19. The number of nitrogens with two attached hydrogens (primary N) is 1. The van der Waals surface area contributed by atoms with Gasteiger partial charge >= 0.3 is 0 Å². The monoisotopic (exact) mass is 181 g/mol. The van der Waals surface area contributed by atoms with Gasteiger partial charge in [0.15, 0.2) is 0 Å². The zero-order chi connectivity index (χ0) is 9.84. The highest BCUT2D eigenvalue weighted by Gasteiger charge is 2.07. The number of nitrogens with zero attached hydrogens (tertiary/aromatic N) is 2. The highest BCUT2D eigenvalue weighted by atomic mass is 16.5. The summed E-state index contributed by atoms with van der Waals surface area (Å²) in [5, 5.41) is 0. The summed E-state index contributed by atoms with van der Waals surface area (Å²) in [6.45, 7) is 6.36. The molecule has 0 spiro atoms. The Morgan fingerprint density at radius 3 is 2.54 bits per heavy atom. The Bertz CT molecular complexity index is 299. The Hall–Kier alpha value is -1.32. The molecule has 0 aliphatic heterocycles. The summed E-state index contributed by atoms with van der Waals surface area (Å²) in [4.78, 5) is 8.35.